The molecule has 0 unspecified atom stereocenters. The van der Waals surface area contributed by atoms with Gasteiger partial charge in [0, 0.05) is 0 Å². The van der Waals surface area contributed by atoms with E-state index in [9.17, 15) is 0 Å². The molecule has 5 aromatic carbocycles. The van der Waals surface area contributed by atoms with Crippen LogP contribution in [0.3, 0.4) is 0 Å². The molecule has 0 bridgehead atoms. The summed E-state index contributed by atoms with van der Waals surface area (Å²) in [6, 6.07) is 54.4. The van der Waals surface area contributed by atoms with Crippen LogP contribution in [0.5, 0.6) is 0 Å². The van der Waals surface area contributed by atoms with Crippen LogP contribution < -0.4 is 19.6 Å². The van der Waals surface area contributed by atoms with Gasteiger partial charge in [0.05, 0.1) is 0 Å². The Bertz CT molecular complexity index is 1060. The van der Waals surface area contributed by atoms with Gasteiger partial charge in [-0.3, -0.25) is 0 Å². The maximum atomic E-state index is 2.45. The van der Waals surface area contributed by atoms with Gasteiger partial charge in [-0.25, -0.2) is 0 Å². The number of hydrogen-bond donors (Lipinski definition) is 0. The van der Waals surface area contributed by atoms with Crippen LogP contribution in [0.15, 0.2) is 146 Å². The first-order valence-corrected chi connectivity index (χ1v) is 21.2. The SMILES string of the molecule is c1cc[c]([Bi]([c]2ccccc2)[c]2cc[c]([Bi]([c]3ccccc3)[c]3ccccc3)cc2)cc1. The van der Waals surface area contributed by atoms with Gasteiger partial charge in [-0.2, -0.15) is 0 Å². The van der Waals surface area contributed by atoms with Gasteiger partial charge >= 0.3 is 209 Å². The Morgan fingerprint density at radius 1 is 0.219 bits per heavy atom. The molecule has 0 heterocycles. The number of hydrogen-bond acceptors (Lipinski definition) is 0. The van der Waals surface area contributed by atoms with Gasteiger partial charge in [-0.05, 0) is 0 Å². The minimum absolute atomic E-state index is 1.53. The van der Waals surface area contributed by atoms with E-state index in [1.54, 1.807) is 6.54 Å². The van der Waals surface area contributed by atoms with Gasteiger partial charge in [0.25, 0.3) is 0 Å². The summed E-state index contributed by atoms with van der Waals surface area (Å²) in [6.07, 6.45) is 0. The average Bonchev–Trinajstić information content (AvgIpc) is 2.88. The Morgan fingerprint density at radius 2 is 0.406 bits per heavy atom. The van der Waals surface area contributed by atoms with E-state index in [1.165, 1.54) is 13.1 Å². The Balaban J connectivity index is 1.57. The quantitative estimate of drug-likeness (QED) is 0.232. The van der Waals surface area contributed by atoms with E-state index in [4.69, 9.17) is 0 Å². The number of benzene rings is 5. The van der Waals surface area contributed by atoms with Crippen molar-refractivity contribution in [3.05, 3.63) is 146 Å². The van der Waals surface area contributed by atoms with E-state index in [-0.39, 0.29) is 0 Å². The molecular weight excluding hydrogens is 778 g/mol. The van der Waals surface area contributed by atoms with Crippen LogP contribution in [0.2, 0.25) is 0 Å². The summed E-state index contributed by atoms with van der Waals surface area (Å²) in [5.41, 5.74) is 0. The van der Waals surface area contributed by atoms with E-state index in [2.05, 4.69) is 146 Å². The van der Waals surface area contributed by atoms with E-state index in [0.29, 0.717) is 0 Å². The van der Waals surface area contributed by atoms with Crippen molar-refractivity contribution in [1.29, 1.82) is 0 Å². The third-order valence-electron chi connectivity index (χ3n) is 5.42. The Kier molecular flexibility index (Phi) is 7.22. The first kappa shape index (κ1) is 21.7. The summed E-state index contributed by atoms with van der Waals surface area (Å²) in [5.74, 6) is 0. The van der Waals surface area contributed by atoms with Gasteiger partial charge in [-0.1, -0.05) is 0 Å². The molecule has 0 N–H and O–H groups in total. The second-order valence-electron chi connectivity index (χ2n) is 7.53. The van der Waals surface area contributed by atoms with Crippen molar-refractivity contribution in [2.24, 2.45) is 0 Å². The Morgan fingerprint density at radius 3 is 0.625 bits per heavy atom. The molecule has 0 amide bonds. The molecule has 0 aliphatic carbocycles. The Hall–Kier alpha value is -2.13. The number of rotatable bonds is 6. The first-order valence-electron chi connectivity index (χ1n) is 10.8. The summed E-state index contributed by atoms with van der Waals surface area (Å²) in [4.78, 5) is 0. The molecule has 0 saturated heterocycles. The van der Waals surface area contributed by atoms with E-state index in [0.717, 1.165) is 0 Å². The second-order valence-corrected chi connectivity index (χ2v) is 24.8. The fraction of sp³-hybridized carbons (Fsp3) is 0. The molecule has 5 aromatic rings. The zero-order chi connectivity index (χ0) is 21.6. The molecule has 0 aliphatic rings. The molecular formula is C30H24Bi2. The first-order chi connectivity index (χ1) is 15.9. The van der Waals surface area contributed by atoms with Crippen LogP contribution in [0.4, 0.5) is 0 Å². The van der Waals surface area contributed by atoms with Gasteiger partial charge < -0.3 is 0 Å². The zero-order valence-corrected chi connectivity index (χ0v) is 24.7. The second kappa shape index (κ2) is 10.7. The fourth-order valence-corrected chi connectivity index (χ4v) is 21.7. The summed E-state index contributed by atoms with van der Waals surface area (Å²) in [7, 11) is 0. The standard InChI is InChI=1S/4C6H5.C6H4.2Bi/c5*1-2-4-6-5-3-1;;/h4*1-5H;1-2,5-6H;;. The van der Waals surface area contributed by atoms with Crippen LogP contribution in [0.25, 0.3) is 0 Å². The van der Waals surface area contributed by atoms with Crippen molar-refractivity contribution in [3.8, 4) is 0 Å². The van der Waals surface area contributed by atoms with Crippen LogP contribution in [0.1, 0.15) is 0 Å². The van der Waals surface area contributed by atoms with Crippen molar-refractivity contribution < 1.29 is 0 Å². The van der Waals surface area contributed by atoms with Crippen molar-refractivity contribution in [2.45, 2.75) is 0 Å². The molecule has 154 valence electrons. The molecule has 0 radical (unpaired) electrons. The van der Waals surface area contributed by atoms with Crippen LogP contribution in [-0.2, 0) is 0 Å². The molecule has 0 nitrogen and oxygen atoms in total. The summed E-state index contributed by atoms with van der Waals surface area (Å²) in [5, 5.41) is 0. The molecule has 0 aromatic heterocycles. The van der Waals surface area contributed by atoms with Crippen LogP contribution >= 0.6 is 0 Å². The minimum atomic E-state index is -2.29. The molecule has 0 atom stereocenters. The van der Waals surface area contributed by atoms with Crippen molar-refractivity contribution in [2.75, 3.05) is 0 Å². The van der Waals surface area contributed by atoms with Crippen molar-refractivity contribution >= 4 is 63.1 Å². The molecule has 0 fully saturated rings. The average molecular weight is 802 g/mol. The van der Waals surface area contributed by atoms with Gasteiger partial charge in [-0.15, -0.1) is 0 Å². The molecule has 0 aliphatic heterocycles. The third-order valence-corrected chi connectivity index (χ3v) is 24.4. The van der Waals surface area contributed by atoms with Crippen LogP contribution in [-0.4, -0.2) is 43.5 Å². The predicted molar refractivity (Wildman–Crippen MR) is 142 cm³/mol. The molecule has 5 rings (SSSR count). The van der Waals surface area contributed by atoms with Gasteiger partial charge in [0.15, 0.2) is 0 Å². The van der Waals surface area contributed by atoms with E-state index >= 15 is 0 Å². The molecule has 2 heteroatoms. The third kappa shape index (κ3) is 4.93. The van der Waals surface area contributed by atoms with Gasteiger partial charge in [0.1, 0.15) is 0 Å². The van der Waals surface area contributed by atoms with Crippen molar-refractivity contribution in [3.63, 3.8) is 0 Å². The normalized spacial score (nSPS) is 11.1. The predicted octanol–water partition coefficient (Wildman–Crippen LogP) is 2.72. The van der Waals surface area contributed by atoms with Gasteiger partial charge in [0.2, 0.25) is 0 Å². The zero-order valence-electron chi connectivity index (χ0n) is 17.8. The summed E-state index contributed by atoms with van der Waals surface area (Å²) < 4.78 is 9.23. The van der Waals surface area contributed by atoms with Crippen LogP contribution in [0, 0.1) is 0 Å². The maximum absolute atomic E-state index is 2.45. The van der Waals surface area contributed by atoms with E-state index in [1.807, 2.05) is 0 Å². The Labute approximate surface area is 207 Å². The fourth-order valence-electron chi connectivity index (χ4n) is 3.95. The summed E-state index contributed by atoms with van der Waals surface area (Å²) >= 11 is -4.58. The molecule has 0 saturated carbocycles. The molecule has 32 heavy (non-hydrogen) atoms. The molecule has 0 spiro atoms. The topological polar surface area (TPSA) is 0 Å². The van der Waals surface area contributed by atoms with Crippen molar-refractivity contribution in [1.82, 2.24) is 0 Å². The van der Waals surface area contributed by atoms with E-state index < -0.39 is 43.5 Å². The summed E-state index contributed by atoms with van der Waals surface area (Å²) in [6.45, 7) is 0. The monoisotopic (exact) mass is 802 g/mol.